The molecule has 0 aliphatic carbocycles. The van der Waals surface area contributed by atoms with E-state index < -0.39 is 10.0 Å². The van der Waals surface area contributed by atoms with Crippen molar-refractivity contribution in [2.75, 3.05) is 17.9 Å². The van der Waals surface area contributed by atoms with Crippen LogP contribution in [0.5, 0.6) is 0 Å². The van der Waals surface area contributed by atoms with Crippen LogP contribution in [0.4, 0.5) is 5.69 Å². The Morgan fingerprint density at radius 3 is 2.46 bits per heavy atom. The molecule has 1 aliphatic heterocycles. The van der Waals surface area contributed by atoms with Gasteiger partial charge in [0, 0.05) is 12.8 Å². The van der Waals surface area contributed by atoms with Crippen molar-refractivity contribution in [2.24, 2.45) is 0 Å². The number of benzene rings is 1. The molecule has 2 heterocycles. The predicted molar refractivity (Wildman–Crippen MR) is 92.9 cm³/mol. The molecule has 1 atom stereocenters. The minimum absolute atomic E-state index is 0.174. The third kappa shape index (κ3) is 3.06. The first-order chi connectivity index (χ1) is 11.3. The van der Waals surface area contributed by atoms with Gasteiger partial charge in [0.05, 0.1) is 29.4 Å². The van der Waals surface area contributed by atoms with E-state index in [4.69, 9.17) is 4.74 Å². The summed E-state index contributed by atoms with van der Waals surface area (Å²) < 4.78 is 35.6. The van der Waals surface area contributed by atoms with Crippen molar-refractivity contribution in [1.82, 2.24) is 9.78 Å². The molecule has 2 aromatic rings. The number of anilines is 1. The van der Waals surface area contributed by atoms with E-state index in [9.17, 15) is 8.42 Å². The minimum Gasteiger partial charge on any atom is -0.379 e. The van der Waals surface area contributed by atoms with Crippen molar-refractivity contribution < 1.29 is 13.2 Å². The van der Waals surface area contributed by atoms with Crippen molar-refractivity contribution >= 4 is 15.7 Å². The molecular formula is C17H23N3O3S. The molecule has 0 radical (unpaired) electrons. The molecule has 0 saturated carbocycles. The molecule has 7 heteroatoms. The number of nitrogens with zero attached hydrogens (tertiary/aromatic N) is 2. The average Bonchev–Trinajstić information content (AvgIpc) is 3.15. The van der Waals surface area contributed by atoms with E-state index in [-0.39, 0.29) is 6.04 Å². The van der Waals surface area contributed by atoms with Gasteiger partial charge in [0.25, 0.3) is 10.0 Å². The Morgan fingerprint density at radius 1 is 1.21 bits per heavy atom. The highest BCUT2D eigenvalue weighted by Gasteiger charge is 2.24. The molecule has 1 fully saturated rings. The molecule has 1 aromatic carbocycles. The van der Waals surface area contributed by atoms with Gasteiger partial charge < -0.3 is 4.74 Å². The van der Waals surface area contributed by atoms with Crippen molar-refractivity contribution in [1.29, 1.82) is 0 Å². The topological polar surface area (TPSA) is 73.2 Å². The van der Waals surface area contributed by atoms with Crippen LogP contribution in [0.1, 0.15) is 34.7 Å². The van der Waals surface area contributed by atoms with E-state index in [1.54, 1.807) is 17.1 Å². The number of hydrogen-bond donors (Lipinski definition) is 1. The summed E-state index contributed by atoms with van der Waals surface area (Å²) in [4.78, 5) is 0.358. The summed E-state index contributed by atoms with van der Waals surface area (Å²) in [6.07, 6.45) is 4.16. The van der Waals surface area contributed by atoms with Crippen molar-refractivity contribution in [2.45, 2.75) is 45.1 Å². The second-order valence-corrected chi connectivity index (χ2v) is 8.04. The third-order valence-corrected chi connectivity index (χ3v) is 6.35. The molecule has 1 aromatic heterocycles. The Hall–Kier alpha value is -1.86. The maximum atomic E-state index is 12.9. The highest BCUT2D eigenvalue weighted by atomic mass is 32.2. The number of aromatic nitrogens is 2. The van der Waals surface area contributed by atoms with E-state index in [0.717, 1.165) is 28.7 Å². The van der Waals surface area contributed by atoms with Crippen LogP contribution in [0, 0.1) is 27.7 Å². The van der Waals surface area contributed by atoms with Crippen molar-refractivity contribution in [3.63, 3.8) is 0 Å². The van der Waals surface area contributed by atoms with Crippen LogP contribution >= 0.6 is 0 Å². The monoisotopic (exact) mass is 349 g/mol. The molecule has 1 saturated heterocycles. The first kappa shape index (κ1) is 17.0. The predicted octanol–water partition coefficient (Wildman–Crippen LogP) is 2.88. The van der Waals surface area contributed by atoms with E-state index >= 15 is 0 Å². The average molecular weight is 349 g/mol. The van der Waals surface area contributed by atoms with Crippen LogP contribution in [0.25, 0.3) is 0 Å². The molecule has 130 valence electrons. The zero-order valence-electron chi connectivity index (χ0n) is 14.5. The van der Waals surface area contributed by atoms with E-state index in [2.05, 4.69) is 9.82 Å². The quantitative estimate of drug-likeness (QED) is 0.921. The Balaban J connectivity index is 1.92. The summed E-state index contributed by atoms with van der Waals surface area (Å²) in [5.41, 5.74) is 3.97. The maximum Gasteiger partial charge on any atom is 0.262 e. The van der Waals surface area contributed by atoms with Crippen LogP contribution in [-0.4, -0.2) is 31.4 Å². The fourth-order valence-corrected chi connectivity index (χ4v) is 4.76. The molecular weight excluding hydrogens is 326 g/mol. The molecule has 1 aliphatic rings. The van der Waals surface area contributed by atoms with Gasteiger partial charge in [-0.3, -0.25) is 9.40 Å². The van der Waals surface area contributed by atoms with E-state index in [0.29, 0.717) is 23.8 Å². The normalized spacial score (nSPS) is 18.1. The summed E-state index contributed by atoms with van der Waals surface area (Å²) in [6.45, 7) is 8.87. The number of nitrogens with one attached hydrogen (secondary N) is 1. The van der Waals surface area contributed by atoms with E-state index in [1.165, 1.54) is 0 Å². The van der Waals surface area contributed by atoms with Gasteiger partial charge in [0.1, 0.15) is 0 Å². The van der Waals surface area contributed by atoms with Crippen LogP contribution in [0.3, 0.4) is 0 Å². The standard InChI is InChI=1S/C17H23N3O3S/c1-11-7-12(2)14(4)17(13(11)3)24(21,22)19-15-8-18-20(9-15)16-5-6-23-10-16/h7-9,16,19H,5-6,10H2,1-4H3/t16-/m1/s1. The molecule has 24 heavy (non-hydrogen) atoms. The summed E-state index contributed by atoms with van der Waals surface area (Å²) in [7, 11) is -3.66. The fraction of sp³-hybridized carbons (Fsp3) is 0.471. The zero-order chi connectivity index (χ0) is 17.5. The Labute approximate surface area is 142 Å². The van der Waals surface area contributed by atoms with Crippen LogP contribution in [-0.2, 0) is 14.8 Å². The molecule has 3 rings (SSSR count). The Bertz CT molecular complexity index is 839. The molecule has 6 nitrogen and oxygen atoms in total. The smallest absolute Gasteiger partial charge is 0.262 e. The maximum absolute atomic E-state index is 12.9. The Kier molecular flexibility index (Phi) is 4.40. The van der Waals surface area contributed by atoms with Gasteiger partial charge in [0.15, 0.2) is 0 Å². The fourth-order valence-electron chi connectivity index (χ4n) is 3.11. The first-order valence-electron chi connectivity index (χ1n) is 8.01. The number of hydrogen-bond acceptors (Lipinski definition) is 4. The van der Waals surface area contributed by atoms with Gasteiger partial charge >= 0.3 is 0 Å². The van der Waals surface area contributed by atoms with Gasteiger partial charge in [-0.2, -0.15) is 5.10 Å². The zero-order valence-corrected chi connectivity index (χ0v) is 15.3. The first-order valence-corrected chi connectivity index (χ1v) is 9.50. The lowest BCUT2D eigenvalue weighted by Crippen LogP contribution is -2.17. The number of rotatable bonds is 4. The van der Waals surface area contributed by atoms with Crippen LogP contribution in [0.2, 0.25) is 0 Å². The lowest BCUT2D eigenvalue weighted by atomic mass is 10.0. The van der Waals surface area contributed by atoms with Crippen molar-refractivity contribution in [3.05, 3.63) is 40.7 Å². The van der Waals surface area contributed by atoms with Crippen LogP contribution in [0.15, 0.2) is 23.4 Å². The lowest BCUT2D eigenvalue weighted by molar-refractivity contribution is 0.184. The van der Waals surface area contributed by atoms with Crippen LogP contribution < -0.4 is 4.72 Å². The highest BCUT2D eigenvalue weighted by molar-refractivity contribution is 7.92. The number of ether oxygens (including phenoxy) is 1. The summed E-state index contributed by atoms with van der Waals surface area (Å²) >= 11 is 0. The highest BCUT2D eigenvalue weighted by Crippen LogP contribution is 2.28. The molecule has 0 bridgehead atoms. The SMILES string of the molecule is Cc1cc(C)c(C)c(S(=O)(=O)Nc2cnn([C@@H]3CCOC3)c2)c1C. The summed E-state index contributed by atoms with van der Waals surface area (Å²) in [5, 5.41) is 4.27. The number of sulfonamides is 1. The molecule has 1 N–H and O–H groups in total. The van der Waals surface area contributed by atoms with E-state index in [1.807, 2.05) is 33.8 Å². The second-order valence-electron chi connectivity index (χ2n) is 6.42. The second kappa shape index (κ2) is 6.22. The van der Waals surface area contributed by atoms with Gasteiger partial charge in [-0.1, -0.05) is 6.07 Å². The van der Waals surface area contributed by atoms with Gasteiger partial charge in [-0.15, -0.1) is 0 Å². The van der Waals surface area contributed by atoms with Gasteiger partial charge in [-0.25, -0.2) is 8.42 Å². The molecule has 0 amide bonds. The van der Waals surface area contributed by atoms with Gasteiger partial charge in [0.2, 0.25) is 0 Å². The third-order valence-electron chi connectivity index (χ3n) is 4.70. The lowest BCUT2D eigenvalue weighted by Gasteiger charge is -2.16. The molecule has 0 unspecified atom stereocenters. The summed E-state index contributed by atoms with van der Waals surface area (Å²) in [6, 6.07) is 2.19. The molecule has 0 spiro atoms. The van der Waals surface area contributed by atoms with Crippen molar-refractivity contribution in [3.8, 4) is 0 Å². The minimum atomic E-state index is -3.66. The Morgan fingerprint density at radius 2 is 1.88 bits per heavy atom. The largest absolute Gasteiger partial charge is 0.379 e. The number of aryl methyl sites for hydroxylation is 2. The summed E-state index contributed by atoms with van der Waals surface area (Å²) in [5.74, 6) is 0. The van der Waals surface area contributed by atoms with Gasteiger partial charge in [-0.05, 0) is 56.4 Å².